The molecule has 3 unspecified atom stereocenters. The number of aryl methyl sites for hydroxylation is 1. The quantitative estimate of drug-likeness (QED) is 0.629. The van der Waals surface area contributed by atoms with Crippen LogP contribution in [0.4, 0.5) is 16.2 Å². The Morgan fingerprint density at radius 1 is 1.37 bits per heavy atom. The summed E-state index contributed by atoms with van der Waals surface area (Å²) in [4.78, 5) is 12.4. The molecule has 4 rings (SSSR count). The lowest BCUT2D eigenvalue weighted by Crippen LogP contribution is -2.50. The molecule has 1 fully saturated rings. The zero-order valence-electron chi connectivity index (χ0n) is 15.9. The van der Waals surface area contributed by atoms with Crippen molar-refractivity contribution in [3.63, 3.8) is 0 Å². The average molecular weight is 367 g/mol. The van der Waals surface area contributed by atoms with Crippen molar-refractivity contribution < 1.29 is 14.2 Å². The van der Waals surface area contributed by atoms with E-state index in [4.69, 9.17) is 4.74 Å². The maximum Gasteiger partial charge on any atom is 0.417 e. The highest BCUT2D eigenvalue weighted by atomic mass is 16.6. The van der Waals surface area contributed by atoms with E-state index in [1.807, 2.05) is 43.3 Å². The van der Waals surface area contributed by atoms with Gasteiger partial charge in [-0.05, 0) is 48.7 Å². The van der Waals surface area contributed by atoms with Crippen LogP contribution in [-0.2, 0) is 11.8 Å². The Labute approximate surface area is 159 Å². The Bertz CT molecular complexity index is 896. The highest BCUT2D eigenvalue weighted by Gasteiger charge is 2.55. The summed E-state index contributed by atoms with van der Waals surface area (Å²) in [6, 6.07) is 13.2. The van der Waals surface area contributed by atoms with Crippen LogP contribution in [0.3, 0.4) is 0 Å². The molecule has 3 atom stereocenters. The van der Waals surface area contributed by atoms with E-state index < -0.39 is 6.09 Å². The molecule has 27 heavy (non-hydrogen) atoms. The molecular weight excluding hydrogens is 342 g/mol. The summed E-state index contributed by atoms with van der Waals surface area (Å²) in [5.41, 5.74) is 3.56. The fourth-order valence-corrected chi connectivity index (χ4v) is 4.43. The van der Waals surface area contributed by atoms with Crippen molar-refractivity contribution >= 4 is 17.5 Å². The lowest BCUT2D eigenvalue weighted by Gasteiger charge is -2.41. The van der Waals surface area contributed by atoms with Crippen molar-refractivity contribution in [2.75, 3.05) is 24.2 Å². The largest absolute Gasteiger partial charge is 0.631 e. The number of anilines is 2. The van der Waals surface area contributed by atoms with Gasteiger partial charge in [-0.2, -0.15) is 0 Å². The first-order chi connectivity index (χ1) is 12.8. The number of hydroxylamine groups is 3. The normalized spacial score (nSPS) is 28.2. The van der Waals surface area contributed by atoms with Crippen molar-refractivity contribution in [1.82, 2.24) is 0 Å². The topological polar surface area (TPSA) is 73.4 Å². The van der Waals surface area contributed by atoms with Crippen LogP contribution in [0.1, 0.15) is 31.4 Å². The SMILES string of the molecule is CCc1ccccc1NC(=O)Oc1ccc2c(c1)C1(C)CC[N+](C)([O-])C1N2. The number of carbonyl (C=O) groups excluding carboxylic acids is 1. The van der Waals surface area contributed by atoms with Gasteiger partial charge in [0.1, 0.15) is 5.75 Å². The maximum absolute atomic E-state index is 12.7. The van der Waals surface area contributed by atoms with E-state index >= 15 is 0 Å². The second kappa shape index (κ2) is 6.25. The molecule has 0 saturated carbocycles. The summed E-state index contributed by atoms with van der Waals surface area (Å²) in [5.74, 6) is 0.482. The number of para-hydroxylation sites is 1. The average Bonchev–Trinajstić information content (AvgIpc) is 3.06. The Morgan fingerprint density at radius 2 is 2.15 bits per heavy atom. The molecule has 2 aromatic rings. The minimum atomic E-state index is -0.514. The van der Waals surface area contributed by atoms with Gasteiger partial charge in [0.15, 0.2) is 6.17 Å². The van der Waals surface area contributed by atoms with Crippen LogP contribution in [0.2, 0.25) is 0 Å². The smallest absolute Gasteiger partial charge is 0.417 e. The molecule has 1 saturated heterocycles. The van der Waals surface area contributed by atoms with Gasteiger partial charge in [-0.1, -0.05) is 25.1 Å². The molecule has 0 spiro atoms. The van der Waals surface area contributed by atoms with Gasteiger partial charge in [-0.25, -0.2) is 4.79 Å². The molecule has 2 aliphatic rings. The Morgan fingerprint density at radius 3 is 2.93 bits per heavy atom. The zero-order valence-corrected chi connectivity index (χ0v) is 15.9. The number of carbonyl (C=O) groups is 1. The molecule has 1 amide bonds. The molecule has 2 N–H and O–H groups in total. The van der Waals surface area contributed by atoms with Gasteiger partial charge < -0.3 is 19.9 Å². The van der Waals surface area contributed by atoms with Gasteiger partial charge in [-0.15, -0.1) is 0 Å². The summed E-state index contributed by atoms with van der Waals surface area (Å²) >= 11 is 0. The maximum atomic E-state index is 12.7. The van der Waals surface area contributed by atoms with Crippen molar-refractivity contribution in [3.8, 4) is 5.75 Å². The molecule has 142 valence electrons. The predicted octanol–water partition coefficient (Wildman–Crippen LogP) is 4.22. The van der Waals surface area contributed by atoms with Gasteiger partial charge >= 0.3 is 6.09 Å². The second-order valence-corrected chi connectivity index (χ2v) is 7.84. The Kier molecular flexibility index (Phi) is 4.13. The number of likely N-dealkylation sites (N-methyl/N-ethyl adjacent to an activating group) is 1. The van der Waals surface area contributed by atoms with E-state index in [-0.39, 0.29) is 16.2 Å². The van der Waals surface area contributed by atoms with Crippen molar-refractivity contribution in [1.29, 1.82) is 0 Å². The number of hydrogen-bond donors (Lipinski definition) is 2. The van der Waals surface area contributed by atoms with Gasteiger partial charge in [0.25, 0.3) is 0 Å². The first-order valence-electron chi connectivity index (χ1n) is 9.37. The van der Waals surface area contributed by atoms with Gasteiger partial charge in [0.2, 0.25) is 0 Å². The Balaban J connectivity index is 1.53. The third kappa shape index (κ3) is 2.95. The summed E-state index contributed by atoms with van der Waals surface area (Å²) in [7, 11) is 1.71. The summed E-state index contributed by atoms with van der Waals surface area (Å²) in [6.07, 6.45) is 0.914. The highest BCUT2D eigenvalue weighted by molar-refractivity contribution is 5.87. The van der Waals surface area contributed by atoms with Crippen molar-refractivity contribution in [2.24, 2.45) is 0 Å². The molecular formula is C21H25N3O3. The van der Waals surface area contributed by atoms with E-state index in [2.05, 4.69) is 17.6 Å². The van der Waals surface area contributed by atoms with Crippen LogP contribution in [-0.4, -0.2) is 30.5 Å². The highest BCUT2D eigenvalue weighted by Crippen LogP contribution is 2.51. The van der Waals surface area contributed by atoms with E-state index in [1.54, 1.807) is 13.1 Å². The number of likely N-dealkylation sites (tertiary alicyclic amines) is 1. The monoisotopic (exact) mass is 367 g/mol. The van der Waals surface area contributed by atoms with Crippen LogP contribution < -0.4 is 15.4 Å². The first kappa shape index (κ1) is 17.8. The summed E-state index contributed by atoms with van der Waals surface area (Å²) in [5, 5.41) is 18.9. The van der Waals surface area contributed by atoms with Crippen LogP contribution in [0.5, 0.6) is 5.75 Å². The fraction of sp³-hybridized carbons (Fsp3) is 0.381. The van der Waals surface area contributed by atoms with E-state index in [9.17, 15) is 10.0 Å². The minimum absolute atomic E-state index is 0.201. The molecule has 6 nitrogen and oxygen atoms in total. The third-order valence-corrected chi connectivity index (χ3v) is 5.97. The predicted molar refractivity (Wildman–Crippen MR) is 106 cm³/mol. The van der Waals surface area contributed by atoms with Gasteiger partial charge in [-0.3, -0.25) is 5.32 Å². The Hall–Kier alpha value is -2.57. The number of hydrogen-bond acceptors (Lipinski definition) is 4. The summed E-state index contributed by atoms with van der Waals surface area (Å²) in [6.45, 7) is 4.73. The molecule has 0 radical (unpaired) electrons. The van der Waals surface area contributed by atoms with E-state index in [1.165, 1.54) is 0 Å². The van der Waals surface area contributed by atoms with Crippen LogP contribution in [0.25, 0.3) is 0 Å². The lowest BCUT2D eigenvalue weighted by atomic mass is 9.81. The third-order valence-electron chi connectivity index (χ3n) is 5.97. The number of benzene rings is 2. The molecule has 0 aromatic heterocycles. The number of nitrogens with zero attached hydrogens (tertiary/aromatic N) is 1. The molecule has 0 bridgehead atoms. The van der Waals surface area contributed by atoms with E-state index in [0.717, 1.165) is 35.3 Å². The number of ether oxygens (including phenoxy) is 1. The summed E-state index contributed by atoms with van der Waals surface area (Å²) < 4.78 is 5.23. The van der Waals surface area contributed by atoms with Crippen molar-refractivity contribution in [3.05, 3.63) is 58.8 Å². The van der Waals surface area contributed by atoms with Gasteiger partial charge in [0, 0.05) is 17.8 Å². The number of amides is 1. The molecule has 0 aliphatic carbocycles. The van der Waals surface area contributed by atoms with E-state index in [0.29, 0.717) is 12.3 Å². The van der Waals surface area contributed by atoms with Gasteiger partial charge in [0.05, 0.1) is 19.0 Å². The van der Waals surface area contributed by atoms with Crippen LogP contribution >= 0.6 is 0 Å². The minimum Gasteiger partial charge on any atom is -0.631 e. The van der Waals surface area contributed by atoms with Crippen molar-refractivity contribution in [2.45, 2.75) is 38.3 Å². The number of rotatable bonds is 3. The zero-order chi connectivity index (χ0) is 19.2. The molecule has 2 aliphatic heterocycles. The molecule has 2 heterocycles. The van der Waals surface area contributed by atoms with Crippen LogP contribution in [0.15, 0.2) is 42.5 Å². The number of nitrogens with one attached hydrogen (secondary N) is 2. The second-order valence-electron chi connectivity index (χ2n) is 7.84. The number of fused-ring (bicyclic) bond motifs is 3. The fourth-order valence-electron chi connectivity index (χ4n) is 4.43. The molecule has 6 heteroatoms. The van der Waals surface area contributed by atoms with Crippen LogP contribution in [0, 0.1) is 5.21 Å². The lowest BCUT2D eigenvalue weighted by molar-refractivity contribution is -0.870. The molecule has 2 aromatic carbocycles. The number of quaternary nitrogens is 1. The first-order valence-corrected chi connectivity index (χ1v) is 9.37. The standard InChI is InChI=1S/C21H25N3O3/c1-4-14-7-5-6-8-17(14)23-20(25)27-15-9-10-18-16(13-15)21(2)11-12-24(3,26)19(21)22-18/h5-10,13,19,22H,4,11-12H2,1-3H3,(H,23,25).